The average molecular weight is 220 g/mol. The molecule has 1 aliphatic rings. The van der Waals surface area contributed by atoms with E-state index in [1.807, 2.05) is 20.8 Å². The highest BCUT2D eigenvalue weighted by atomic mass is 32.2. The summed E-state index contributed by atoms with van der Waals surface area (Å²) in [5.41, 5.74) is -0.370. The SMILES string of the molecule is CC(C)(C)NS(=O)(=O)CC1CCNC1. The van der Waals surface area contributed by atoms with Crippen molar-refractivity contribution in [3.63, 3.8) is 0 Å². The molecule has 84 valence electrons. The van der Waals surface area contributed by atoms with Crippen LogP contribution in [-0.4, -0.2) is 32.8 Å². The minimum atomic E-state index is -3.11. The molecule has 0 radical (unpaired) electrons. The Labute approximate surface area is 86.5 Å². The fourth-order valence-electron chi connectivity index (χ4n) is 1.68. The van der Waals surface area contributed by atoms with Gasteiger partial charge in [0.05, 0.1) is 5.75 Å². The molecule has 1 heterocycles. The molecule has 0 saturated carbocycles. The zero-order valence-corrected chi connectivity index (χ0v) is 9.95. The van der Waals surface area contributed by atoms with Gasteiger partial charge in [-0.2, -0.15) is 0 Å². The van der Waals surface area contributed by atoms with Crippen LogP contribution in [0.5, 0.6) is 0 Å². The number of hydrogen-bond donors (Lipinski definition) is 2. The minimum Gasteiger partial charge on any atom is -0.316 e. The van der Waals surface area contributed by atoms with Gasteiger partial charge in [0.1, 0.15) is 0 Å². The molecule has 0 bridgehead atoms. The quantitative estimate of drug-likeness (QED) is 0.720. The predicted molar refractivity (Wildman–Crippen MR) is 57.7 cm³/mol. The van der Waals surface area contributed by atoms with Crippen molar-refractivity contribution in [2.24, 2.45) is 5.92 Å². The molecule has 1 saturated heterocycles. The summed E-state index contributed by atoms with van der Waals surface area (Å²) in [7, 11) is -3.11. The molecular weight excluding hydrogens is 200 g/mol. The Kier molecular flexibility index (Phi) is 3.55. The minimum absolute atomic E-state index is 0.247. The molecule has 0 aromatic heterocycles. The molecule has 1 atom stereocenters. The van der Waals surface area contributed by atoms with E-state index in [9.17, 15) is 8.42 Å². The molecule has 0 aromatic rings. The van der Waals surface area contributed by atoms with Crippen LogP contribution in [0.1, 0.15) is 27.2 Å². The van der Waals surface area contributed by atoms with Gasteiger partial charge >= 0.3 is 0 Å². The van der Waals surface area contributed by atoms with Gasteiger partial charge in [0.2, 0.25) is 10.0 Å². The lowest BCUT2D eigenvalue weighted by Crippen LogP contribution is -2.43. The van der Waals surface area contributed by atoms with Crippen LogP contribution in [-0.2, 0) is 10.0 Å². The Hall–Kier alpha value is -0.130. The van der Waals surface area contributed by atoms with E-state index in [1.165, 1.54) is 0 Å². The van der Waals surface area contributed by atoms with Crippen LogP contribution >= 0.6 is 0 Å². The number of rotatable bonds is 3. The Bertz CT molecular complexity index is 274. The zero-order valence-electron chi connectivity index (χ0n) is 9.13. The van der Waals surface area contributed by atoms with Crippen molar-refractivity contribution in [2.75, 3.05) is 18.8 Å². The van der Waals surface area contributed by atoms with Gasteiger partial charge < -0.3 is 5.32 Å². The van der Waals surface area contributed by atoms with Gasteiger partial charge in [-0.15, -0.1) is 0 Å². The molecule has 14 heavy (non-hydrogen) atoms. The van der Waals surface area contributed by atoms with Crippen LogP contribution < -0.4 is 10.0 Å². The molecular formula is C9H20N2O2S. The maximum atomic E-state index is 11.7. The largest absolute Gasteiger partial charge is 0.316 e. The van der Waals surface area contributed by atoms with E-state index in [0.717, 1.165) is 19.5 Å². The lowest BCUT2D eigenvalue weighted by molar-refractivity contribution is 0.484. The first-order chi connectivity index (χ1) is 6.29. The third-order valence-corrected chi connectivity index (χ3v) is 3.91. The Morgan fingerprint density at radius 1 is 1.43 bits per heavy atom. The third kappa shape index (κ3) is 4.39. The van der Waals surface area contributed by atoms with E-state index in [4.69, 9.17) is 0 Å². The molecule has 1 aliphatic heterocycles. The van der Waals surface area contributed by atoms with Crippen LogP contribution in [0, 0.1) is 5.92 Å². The lowest BCUT2D eigenvalue weighted by Gasteiger charge is -2.21. The first kappa shape index (κ1) is 11.9. The second-order valence-corrected chi connectivity index (χ2v) is 6.76. The second-order valence-electron chi connectivity index (χ2n) is 4.99. The molecule has 0 amide bonds. The highest BCUT2D eigenvalue weighted by Gasteiger charge is 2.25. The van der Waals surface area contributed by atoms with Gasteiger partial charge in [-0.1, -0.05) is 0 Å². The van der Waals surface area contributed by atoms with Crippen LogP contribution in [0.3, 0.4) is 0 Å². The van der Waals surface area contributed by atoms with E-state index in [-0.39, 0.29) is 17.2 Å². The summed E-state index contributed by atoms with van der Waals surface area (Å²) in [5, 5.41) is 3.17. The van der Waals surface area contributed by atoms with Gasteiger partial charge in [-0.3, -0.25) is 0 Å². The van der Waals surface area contributed by atoms with E-state index < -0.39 is 10.0 Å². The van der Waals surface area contributed by atoms with Crippen molar-refractivity contribution in [1.29, 1.82) is 0 Å². The molecule has 1 unspecified atom stereocenters. The van der Waals surface area contributed by atoms with Crippen LogP contribution in [0.15, 0.2) is 0 Å². The summed E-state index contributed by atoms with van der Waals surface area (Å²) in [6, 6.07) is 0. The smallest absolute Gasteiger partial charge is 0.212 e. The summed E-state index contributed by atoms with van der Waals surface area (Å²) in [5.74, 6) is 0.520. The predicted octanol–water partition coefficient (Wildman–Crippen LogP) is 0.314. The third-order valence-electron chi connectivity index (χ3n) is 2.08. The first-order valence-corrected chi connectivity index (χ1v) is 6.66. The second kappa shape index (κ2) is 4.16. The molecule has 0 aliphatic carbocycles. The highest BCUT2D eigenvalue weighted by Crippen LogP contribution is 2.11. The number of sulfonamides is 1. The Morgan fingerprint density at radius 3 is 2.50 bits per heavy atom. The van der Waals surface area contributed by atoms with Crippen molar-refractivity contribution in [3.05, 3.63) is 0 Å². The van der Waals surface area contributed by atoms with Gasteiger partial charge in [0, 0.05) is 5.54 Å². The first-order valence-electron chi connectivity index (χ1n) is 5.01. The van der Waals surface area contributed by atoms with Gasteiger partial charge in [0.15, 0.2) is 0 Å². The van der Waals surface area contributed by atoms with E-state index >= 15 is 0 Å². The highest BCUT2D eigenvalue weighted by molar-refractivity contribution is 7.89. The van der Waals surface area contributed by atoms with Crippen molar-refractivity contribution in [3.8, 4) is 0 Å². The Morgan fingerprint density at radius 2 is 2.07 bits per heavy atom. The van der Waals surface area contributed by atoms with E-state index in [1.54, 1.807) is 0 Å². The molecule has 1 fully saturated rings. The summed E-state index contributed by atoms with van der Waals surface area (Å²) in [6.45, 7) is 7.34. The molecule has 5 heteroatoms. The van der Waals surface area contributed by atoms with Crippen LogP contribution in [0.4, 0.5) is 0 Å². The molecule has 1 rings (SSSR count). The fourth-order valence-corrected chi connectivity index (χ4v) is 3.60. The van der Waals surface area contributed by atoms with Crippen LogP contribution in [0.25, 0.3) is 0 Å². The summed E-state index contributed by atoms with van der Waals surface area (Å²) >= 11 is 0. The fraction of sp³-hybridized carbons (Fsp3) is 1.00. The maximum absolute atomic E-state index is 11.7. The van der Waals surface area contributed by atoms with Gasteiger partial charge in [-0.25, -0.2) is 13.1 Å². The van der Waals surface area contributed by atoms with E-state index in [0.29, 0.717) is 0 Å². The van der Waals surface area contributed by atoms with Crippen molar-refractivity contribution in [1.82, 2.24) is 10.0 Å². The Balaban J connectivity index is 2.49. The number of hydrogen-bond acceptors (Lipinski definition) is 3. The van der Waals surface area contributed by atoms with Gasteiger partial charge in [0.25, 0.3) is 0 Å². The average Bonchev–Trinajstić information content (AvgIpc) is 2.31. The monoisotopic (exact) mass is 220 g/mol. The molecule has 4 nitrogen and oxygen atoms in total. The van der Waals surface area contributed by atoms with Crippen molar-refractivity contribution >= 4 is 10.0 Å². The molecule has 2 N–H and O–H groups in total. The molecule has 0 spiro atoms. The lowest BCUT2D eigenvalue weighted by atomic mass is 10.1. The number of nitrogens with one attached hydrogen (secondary N) is 2. The van der Waals surface area contributed by atoms with Gasteiger partial charge in [-0.05, 0) is 46.2 Å². The van der Waals surface area contributed by atoms with Crippen molar-refractivity contribution in [2.45, 2.75) is 32.7 Å². The summed E-state index contributed by atoms with van der Waals surface area (Å²) in [4.78, 5) is 0. The maximum Gasteiger partial charge on any atom is 0.212 e. The van der Waals surface area contributed by atoms with E-state index in [2.05, 4.69) is 10.0 Å². The molecule has 0 aromatic carbocycles. The topological polar surface area (TPSA) is 58.2 Å². The van der Waals surface area contributed by atoms with Crippen molar-refractivity contribution < 1.29 is 8.42 Å². The summed E-state index contributed by atoms with van der Waals surface area (Å²) in [6.07, 6.45) is 0.963. The normalized spacial score (nSPS) is 24.1. The zero-order chi connectivity index (χ0) is 10.8. The summed E-state index contributed by atoms with van der Waals surface area (Å²) < 4.78 is 26.0. The standard InChI is InChI=1S/C9H20N2O2S/c1-9(2,3)11-14(12,13)7-8-4-5-10-6-8/h8,10-11H,4-7H2,1-3H3. The van der Waals surface area contributed by atoms with Crippen LogP contribution in [0.2, 0.25) is 0 Å².